The van der Waals surface area contributed by atoms with Gasteiger partial charge in [-0.25, -0.2) is 4.98 Å². The van der Waals surface area contributed by atoms with Crippen LogP contribution in [0.15, 0.2) is 36.7 Å². The second-order valence-corrected chi connectivity index (χ2v) is 6.72. The maximum absolute atomic E-state index is 12.6. The predicted molar refractivity (Wildman–Crippen MR) is 83.2 cm³/mol. The van der Waals surface area contributed by atoms with Crippen LogP contribution in [0.25, 0.3) is 11.4 Å². The fraction of sp³-hybridized carbons (Fsp3) is 0.400. The zero-order valence-corrected chi connectivity index (χ0v) is 13.5. The zero-order chi connectivity index (χ0) is 15.3. The summed E-state index contributed by atoms with van der Waals surface area (Å²) in [4.78, 5) is 4.33. The van der Waals surface area contributed by atoms with Crippen LogP contribution in [-0.4, -0.2) is 22.8 Å². The van der Waals surface area contributed by atoms with Crippen LogP contribution < -0.4 is 0 Å². The Bertz CT molecular complexity index is 629. The van der Waals surface area contributed by atoms with Gasteiger partial charge in [0.05, 0.1) is 19.4 Å². The first-order valence-electron chi connectivity index (χ1n) is 7.02. The fourth-order valence-corrected chi connectivity index (χ4v) is 3.89. The summed E-state index contributed by atoms with van der Waals surface area (Å²) in [6.07, 6.45) is 3.92. The third-order valence-electron chi connectivity index (χ3n) is 3.03. The molecule has 0 bridgehead atoms. The summed E-state index contributed by atoms with van der Waals surface area (Å²) in [7, 11) is -1.13. The predicted octanol–water partition coefficient (Wildman–Crippen LogP) is 3.85. The summed E-state index contributed by atoms with van der Waals surface area (Å²) in [5, 5.41) is 0. The van der Waals surface area contributed by atoms with E-state index >= 15 is 0 Å². The fourth-order valence-electron chi connectivity index (χ4n) is 2.20. The SMILES string of the molecule is CCOP(=O)(Cc1cccc(-c2nccn2C)c1)OCC. The van der Waals surface area contributed by atoms with Crippen LogP contribution in [0.1, 0.15) is 19.4 Å². The Balaban J connectivity index is 2.25. The normalized spacial score (nSPS) is 11.8. The molecule has 2 aromatic rings. The van der Waals surface area contributed by atoms with E-state index < -0.39 is 7.60 Å². The van der Waals surface area contributed by atoms with Crippen molar-refractivity contribution < 1.29 is 13.6 Å². The molecule has 0 saturated heterocycles. The van der Waals surface area contributed by atoms with Crippen molar-refractivity contribution >= 4 is 7.60 Å². The highest BCUT2D eigenvalue weighted by Crippen LogP contribution is 2.51. The van der Waals surface area contributed by atoms with Crippen molar-refractivity contribution in [2.45, 2.75) is 20.0 Å². The minimum Gasteiger partial charge on any atom is -0.334 e. The van der Waals surface area contributed by atoms with Crippen LogP contribution in [0.2, 0.25) is 0 Å². The van der Waals surface area contributed by atoms with Crippen molar-refractivity contribution in [3.8, 4) is 11.4 Å². The van der Waals surface area contributed by atoms with Gasteiger partial charge in [0, 0.05) is 25.0 Å². The molecule has 0 spiro atoms. The van der Waals surface area contributed by atoms with Gasteiger partial charge in [-0.2, -0.15) is 0 Å². The van der Waals surface area contributed by atoms with Crippen LogP contribution >= 0.6 is 7.60 Å². The number of hydrogen-bond acceptors (Lipinski definition) is 4. The van der Waals surface area contributed by atoms with E-state index in [-0.39, 0.29) is 6.16 Å². The molecule has 6 heteroatoms. The van der Waals surface area contributed by atoms with Crippen LogP contribution in [0, 0.1) is 0 Å². The molecule has 1 aromatic heterocycles. The van der Waals surface area contributed by atoms with E-state index in [1.54, 1.807) is 6.20 Å². The molecule has 0 amide bonds. The van der Waals surface area contributed by atoms with E-state index in [0.717, 1.165) is 17.0 Å². The molecule has 0 saturated carbocycles. The van der Waals surface area contributed by atoms with Gasteiger partial charge in [-0.05, 0) is 25.5 Å². The van der Waals surface area contributed by atoms with E-state index in [2.05, 4.69) is 4.98 Å². The van der Waals surface area contributed by atoms with Crippen molar-refractivity contribution in [1.29, 1.82) is 0 Å². The number of imidazole rings is 1. The number of nitrogens with zero attached hydrogens (tertiary/aromatic N) is 2. The van der Waals surface area contributed by atoms with Gasteiger partial charge in [0.15, 0.2) is 0 Å². The lowest BCUT2D eigenvalue weighted by molar-refractivity contribution is 0.219. The summed E-state index contributed by atoms with van der Waals surface area (Å²) in [5.41, 5.74) is 1.90. The molecule has 1 heterocycles. The monoisotopic (exact) mass is 308 g/mol. The van der Waals surface area contributed by atoms with Crippen LogP contribution in [0.5, 0.6) is 0 Å². The topological polar surface area (TPSA) is 53.3 Å². The number of aryl methyl sites for hydroxylation is 1. The third kappa shape index (κ3) is 4.03. The Hall–Kier alpha value is -1.42. The van der Waals surface area contributed by atoms with Crippen molar-refractivity contribution in [2.75, 3.05) is 13.2 Å². The van der Waals surface area contributed by atoms with Crippen LogP contribution in [-0.2, 0) is 26.8 Å². The first-order valence-corrected chi connectivity index (χ1v) is 8.75. The first-order chi connectivity index (χ1) is 10.1. The summed E-state index contributed by atoms with van der Waals surface area (Å²) >= 11 is 0. The standard InChI is InChI=1S/C15H21N2O3P/c1-4-19-21(18,20-5-2)12-13-7-6-8-14(11-13)15-16-9-10-17(15)3/h6-11H,4-5,12H2,1-3H3. The molecule has 0 fully saturated rings. The summed E-state index contributed by atoms with van der Waals surface area (Å²) in [6.45, 7) is 4.37. The number of rotatable bonds is 7. The van der Waals surface area contributed by atoms with Gasteiger partial charge in [0.1, 0.15) is 5.82 Å². The lowest BCUT2D eigenvalue weighted by atomic mass is 10.1. The molecule has 0 atom stereocenters. The van der Waals surface area contributed by atoms with E-state index in [1.807, 2.05) is 55.9 Å². The number of hydrogen-bond donors (Lipinski definition) is 0. The van der Waals surface area contributed by atoms with Gasteiger partial charge < -0.3 is 13.6 Å². The molecular weight excluding hydrogens is 287 g/mol. The smallest absolute Gasteiger partial charge is 0.334 e. The molecule has 0 aliphatic heterocycles. The summed E-state index contributed by atoms with van der Waals surface area (Å²) in [6, 6.07) is 7.82. The second kappa shape index (κ2) is 7.03. The highest BCUT2D eigenvalue weighted by atomic mass is 31.2. The molecule has 2 rings (SSSR count). The minimum atomic E-state index is -3.08. The van der Waals surface area contributed by atoms with E-state index in [4.69, 9.17) is 9.05 Å². The quantitative estimate of drug-likeness (QED) is 0.729. The Labute approximate surface area is 125 Å². The first kappa shape index (κ1) is 16.0. The molecule has 0 radical (unpaired) electrons. The van der Waals surface area contributed by atoms with Crippen LogP contribution in [0.4, 0.5) is 0 Å². The van der Waals surface area contributed by atoms with Crippen LogP contribution in [0.3, 0.4) is 0 Å². The van der Waals surface area contributed by atoms with Gasteiger partial charge in [-0.15, -0.1) is 0 Å². The molecule has 21 heavy (non-hydrogen) atoms. The van der Waals surface area contributed by atoms with E-state index in [1.165, 1.54) is 0 Å². The maximum atomic E-state index is 12.6. The lowest BCUT2D eigenvalue weighted by Crippen LogP contribution is -1.99. The second-order valence-electron chi connectivity index (χ2n) is 4.67. The van der Waals surface area contributed by atoms with Crippen molar-refractivity contribution in [3.63, 3.8) is 0 Å². The molecule has 0 unspecified atom stereocenters. The van der Waals surface area contributed by atoms with Gasteiger partial charge in [-0.3, -0.25) is 4.57 Å². The molecule has 0 aliphatic carbocycles. The summed E-state index contributed by atoms with van der Waals surface area (Å²) < 4.78 is 25.2. The van der Waals surface area contributed by atoms with Crippen molar-refractivity contribution in [1.82, 2.24) is 9.55 Å². The average molecular weight is 308 g/mol. The highest BCUT2D eigenvalue weighted by molar-refractivity contribution is 7.53. The van der Waals surface area contributed by atoms with Gasteiger partial charge >= 0.3 is 7.60 Å². The van der Waals surface area contributed by atoms with Crippen molar-refractivity contribution in [2.24, 2.45) is 7.05 Å². The Morgan fingerprint density at radius 2 is 1.95 bits per heavy atom. The highest BCUT2D eigenvalue weighted by Gasteiger charge is 2.24. The minimum absolute atomic E-state index is 0.271. The number of aromatic nitrogens is 2. The Morgan fingerprint density at radius 1 is 1.24 bits per heavy atom. The maximum Gasteiger partial charge on any atom is 0.335 e. The molecular formula is C15H21N2O3P. The Kier molecular flexibility index (Phi) is 5.34. The van der Waals surface area contributed by atoms with Gasteiger partial charge in [-0.1, -0.05) is 18.2 Å². The largest absolute Gasteiger partial charge is 0.335 e. The molecule has 5 nitrogen and oxygen atoms in total. The Morgan fingerprint density at radius 3 is 2.52 bits per heavy atom. The lowest BCUT2D eigenvalue weighted by Gasteiger charge is -2.17. The van der Waals surface area contributed by atoms with E-state index in [0.29, 0.717) is 13.2 Å². The van der Waals surface area contributed by atoms with Gasteiger partial charge in [0.2, 0.25) is 0 Å². The summed E-state index contributed by atoms with van der Waals surface area (Å²) in [5.74, 6) is 0.875. The molecule has 0 aliphatic rings. The zero-order valence-electron chi connectivity index (χ0n) is 12.7. The third-order valence-corrected chi connectivity index (χ3v) is 5.09. The molecule has 114 valence electrons. The molecule has 1 aromatic carbocycles. The average Bonchev–Trinajstić information content (AvgIpc) is 2.85. The number of benzene rings is 1. The van der Waals surface area contributed by atoms with E-state index in [9.17, 15) is 4.57 Å². The molecule has 0 N–H and O–H groups in total. The van der Waals surface area contributed by atoms with Gasteiger partial charge in [0.25, 0.3) is 0 Å². The van der Waals surface area contributed by atoms with Crippen molar-refractivity contribution in [3.05, 3.63) is 42.2 Å².